The molecule has 1 saturated carbocycles. The van der Waals surface area contributed by atoms with Crippen molar-refractivity contribution < 1.29 is 9.90 Å². The van der Waals surface area contributed by atoms with E-state index in [2.05, 4.69) is 37.4 Å². The summed E-state index contributed by atoms with van der Waals surface area (Å²) in [6, 6.07) is 6.23. The summed E-state index contributed by atoms with van der Waals surface area (Å²) < 4.78 is 0. The van der Waals surface area contributed by atoms with Crippen LogP contribution in [0.1, 0.15) is 36.0 Å². The Balaban J connectivity index is 1.97. The molecule has 1 fully saturated rings. The molecule has 0 atom stereocenters. The first-order chi connectivity index (χ1) is 8.57. The van der Waals surface area contributed by atoms with Crippen LogP contribution in [-0.4, -0.2) is 17.6 Å². The molecule has 1 aromatic carbocycles. The topological polar surface area (TPSA) is 49.3 Å². The van der Waals surface area contributed by atoms with Crippen molar-refractivity contribution in [2.75, 3.05) is 6.61 Å². The summed E-state index contributed by atoms with van der Waals surface area (Å²) in [6.07, 6.45) is 2.65. The monoisotopic (exact) mass is 247 g/mol. The second-order valence-electron chi connectivity index (χ2n) is 5.40. The number of aliphatic hydroxyl groups excluding tert-OH is 1. The number of hydrogen-bond acceptors (Lipinski definition) is 2. The summed E-state index contributed by atoms with van der Waals surface area (Å²) in [5.41, 5.74) is 3.07. The quantitative estimate of drug-likeness (QED) is 0.856. The van der Waals surface area contributed by atoms with E-state index in [1.54, 1.807) is 0 Å². The largest absolute Gasteiger partial charge is 0.395 e. The summed E-state index contributed by atoms with van der Waals surface area (Å²) in [5, 5.41) is 12.3. The number of aryl methyl sites for hydroxylation is 2. The number of hydrogen-bond donors (Lipinski definition) is 2. The molecular formula is C15H21NO2. The lowest BCUT2D eigenvalue weighted by atomic mass is 9.68. The van der Waals surface area contributed by atoms with Crippen molar-refractivity contribution in [2.24, 2.45) is 5.41 Å². The van der Waals surface area contributed by atoms with Gasteiger partial charge in [0.2, 0.25) is 5.91 Å². The van der Waals surface area contributed by atoms with Crippen LogP contribution in [0.15, 0.2) is 18.2 Å². The fourth-order valence-corrected chi connectivity index (χ4v) is 2.47. The van der Waals surface area contributed by atoms with Crippen molar-refractivity contribution >= 4 is 5.91 Å². The zero-order valence-corrected chi connectivity index (χ0v) is 11.1. The summed E-state index contributed by atoms with van der Waals surface area (Å²) in [4.78, 5) is 12.1. The third kappa shape index (κ3) is 2.41. The minimum atomic E-state index is -0.501. The van der Waals surface area contributed by atoms with Crippen molar-refractivity contribution in [1.29, 1.82) is 0 Å². The number of nitrogens with one attached hydrogen (secondary N) is 1. The van der Waals surface area contributed by atoms with Crippen LogP contribution in [0.5, 0.6) is 0 Å². The number of aliphatic hydroxyl groups is 1. The van der Waals surface area contributed by atoms with Gasteiger partial charge in [-0.25, -0.2) is 0 Å². The van der Waals surface area contributed by atoms with Gasteiger partial charge in [-0.05, 0) is 37.8 Å². The molecule has 1 aliphatic rings. The van der Waals surface area contributed by atoms with Crippen LogP contribution in [0.2, 0.25) is 0 Å². The van der Waals surface area contributed by atoms with Crippen molar-refractivity contribution in [3.05, 3.63) is 34.9 Å². The van der Waals surface area contributed by atoms with Crippen molar-refractivity contribution in [2.45, 2.75) is 39.7 Å². The van der Waals surface area contributed by atoms with Crippen LogP contribution in [0.3, 0.4) is 0 Å². The van der Waals surface area contributed by atoms with E-state index >= 15 is 0 Å². The number of benzene rings is 1. The SMILES string of the molecule is Cc1ccc(CNC(=O)C2(CO)CCC2)c(C)c1. The Morgan fingerprint density at radius 3 is 2.61 bits per heavy atom. The Morgan fingerprint density at radius 1 is 1.39 bits per heavy atom. The molecule has 3 nitrogen and oxygen atoms in total. The highest BCUT2D eigenvalue weighted by molar-refractivity contribution is 5.83. The molecule has 2 N–H and O–H groups in total. The Bertz CT molecular complexity index is 444. The fraction of sp³-hybridized carbons (Fsp3) is 0.533. The van der Waals surface area contributed by atoms with E-state index in [0.29, 0.717) is 6.54 Å². The highest BCUT2D eigenvalue weighted by Gasteiger charge is 2.43. The van der Waals surface area contributed by atoms with E-state index in [-0.39, 0.29) is 12.5 Å². The molecular weight excluding hydrogens is 226 g/mol. The van der Waals surface area contributed by atoms with Crippen LogP contribution in [-0.2, 0) is 11.3 Å². The molecule has 98 valence electrons. The smallest absolute Gasteiger partial charge is 0.228 e. The van der Waals surface area contributed by atoms with Gasteiger partial charge in [0.25, 0.3) is 0 Å². The highest BCUT2D eigenvalue weighted by Crippen LogP contribution is 2.40. The molecule has 1 aromatic rings. The predicted octanol–water partition coefficient (Wildman–Crippen LogP) is 2.08. The van der Waals surface area contributed by atoms with Gasteiger partial charge in [0.1, 0.15) is 0 Å². The normalized spacial score (nSPS) is 17.1. The van der Waals surface area contributed by atoms with Crippen LogP contribution >= 0.6 is 0 Å². The lowest BCUT2D eigenvalue weighted by molar-refractivity contribution is -0.139. The minimum Gasteiger partial charge on any atom is -0.395 e. The molecule has 0 unspecified atom stereocenters. The first-order valence-corrected chi connectivity index (χ1v) is 6.53. The zero-order chi connectivity index (χ0) is 13.2. The summed E-state index contributed by atoms with van der Waals surface area (Å²) in [5.74, 6) is -0.00350. The maximum atomic E-state index is 12.1. The molecule has 0 spiro atoms. The van der Waals surface area contributed by atoms with Gasteiger partial charge in [-0.2, -0.15) is 0 Å². The summed E-state index contributed by atoms with van der Waals surface area (Å²) in [6.45, 7) is 4.63. The van der Waals surface area contributed by atoms with Gasteiger partial charge in [-0.1, -0.05) is 30.2 Å². The molecule has 2 rings (SSSR count). The highest BCUT2D eigenvalue weighted by atomic mass is 16.3. The molecule has 0 heterocycles. The fourth-order valence-electron chi connectivity index (χ4n) is 2.47. The maximum absolute atomic E-state index is 12.1. The maximum Gasteiger partial charge on any atom is 0.228 e. The molecule has 1 aliphatic carbocycles. The van der Waals surface area contributed by atoms with E-state index < -0.39 is 5.41 Å². The van der Waals surface area contributed by atoms with Gasteiger partial charge in [-0.3, -0.25) is 4.79 Å². The summed E-state index contributed by atoms with van der Waals surface area (Å²) >= 11 is 0. The lowest BCUT2D eigenvalue weighted by Crippen LogP contribution is -2.47. The second kappa shape index (κ2) is 5.11. The number of carbonyl (C=O) groups excluding carboxylic acids is 1. The van der Waals surface area contributed by atoms with Gasteiger partial charge in [0.15, 0.2) is 0 Å². The second-order valence-corrected chi connectivity index (χ2v) is 5.40. The van der Waals surface area contributed by atoms with Crippen LogP contribution in [0.4, 0.5) is 0 Å². The molecule has 0 aliphatic heterocycles. The van der Waals surface area contributed by atoms with Gasteiger partial charge in [0, 0.05) is 6.54 Å². The molecule has 0 bridgehead atoms. The molecule has 0 radical (unpaired) electrons. The Labute approximate surface area is 108 Å². The molecule has 3 heteroatoms. The predicted molar refractivity (Wildman–Crippen MR) is 71.1 cm³/mol. The lowest BCUT2D eigenvalue weighted by Gasteiger charge is -2.38. The molecule has 0 aromatic heterocycles. The third-order valence-electron chi connectivity index (χ3n) is 4.03. The first kappa shape index (κ1) is 13.1. The standard InChI is InChI=1S/C15H21NO2/c1-11-4-5-13(12(2)8-11)9-16-14(18)15(10-17)6-3-7-15/h4-5,8,17H,3,6-7,9-10H2,1-2H3,(H,16,18). The van der Waals surface area contributed by atoms with E-state index in [0.717, 1.165) is 24.8 Å². The summed E-state index contributed by atoms with van der Waals surface area (Å²) in [7, 11) is 0. The molecule has 18 heavy (non-hydrogen) atoms. The Kier molecular flexibility index (Phi) is 3.71. The number of amides is 1. The Morgan fingerprint density at radius 2 is 2.11 bits per heavy atom. The van der Waals surface area contributed by atoms with Gasteiger partial charge in [-0.15, -0.1) is 0 Å². The Hall–Kier alpha value is -1.35. The van der Waals surface area contributed by atoms with Crippen molar-refractivity contribution in [3.63, 3.8) is 0 Å². The van der Waals surface area contributed by atoms with E-state index in [1.165, 1.54) is 11.1 Å². The van der Waals surface area contributed by atoms with E-state index in [9.17, 15) is 9.90 Å². The average Bonchev–Trinajstić information content (AvgIpc) is 2.27. The minimum absolute atomic E-state index is 0.00350. The number of carbonyl (C=O) groups is 1. The molecule has 1 amide bonds. The van der Waals surface area contributed by atoms with Crippen molar-refractivity contribution in [3.8, 4) is 0 Å². The van der Waals surface area contributed by atoms with Crippen LogP contribution < -0.4 is 5.32 Å². The first-order valence-electron chi connectivity index (χ1n) is 6.53. The van der Waals surface area contributed by atoms with E-state index in [1.807, 2.05) is 0 Å². The average molecular weight is 247 g/mol. The zero-order valence-electron chi connectivity index (χ0n) is 11.1. The number of rotatable bonds is 4. The van der Waals surface area contributed by atoms with Gasteiger partial charge >= 0.3 is 0 Å². The van der Waals surface area contributed by atoms with Gasteiger partial charge in [0.05, 0.1) is 12.0 Å². The molecule has 0 saturated heterocycles. The van der Waals surface area contributed by atoms with Crippen molar-refractivity contribution in [1.82, 2.24) is 5.32 Å². The van der Waals surface area contributed by atoms with E-state index in [4.69, 9.17) is 0 Å². The van der Waals surface area contributed by atoms with Crippen LogP contribution in [0, 0.1) is 19.3 Å². The van der Waals surface area contributed by atoms with Gasteiger partial charge < -0.3 is 10.4 Å². The van der Waals surface area contributed by atoms with Crippen LogP contribution in [0.25, 0.3) is 0 Å². The third-order valence-corrected chi connectivity index (χ3v) is 4.03.